The Kier molecular flexibility index (Phi) is 6.09. The molecule has 30 heavy (non-hydrogen) atoms. The van der Waals surface area contributed by atoms with E-state index in [1.165, 1.54) is 12.1 Å². The zero-order chi connectivity index (χ0) is 22.1. The standard InChI is InChI=1S/C20H22F3N3O3S/c1-12(2)9-10-24-19(27)14-5-3-13(4-6-14)18-25-16-11-15(20(21,22)23)7-8-17(16)30(28,29)26-18/h3-8,11-12,18,25-26H,9-10H2,1-2H3,(H,24,27)/t18-/m1/s1. The Hall–Kier alpha value is -2.59. The summed E-state index contributed by atoms with van der Waals surface area (Å²) in [5, 5.41) is 5.59. The van der Waals surface area contributed by atoms with Crippen molar-refractivity contribution in [2.45, 2.75) is 37.5 Å². The molecule has 162 valence electrons. The van der Waals surface area contributed by atoms with E-state index in [9.17, 15) is 26.4 Å². The molecule has 6 nitrogen and oxygen atoms in total. The van der Waals surface area contributed by atoms with E-state index >= 15 is 0 Å². The Labute approximate surface area is 172 Å². The number of rotatable bonds is 5. The van der Waals surface area contributed by atoms with Gasteiger partial charge < -0.3 is 10.6 Å². The minimum absolute atomic E-state index is 0.135. The molecule has 1 aliphatic rings. The third kappa shape index (κ3) is 4.93. The van der Waals surface area contributed by atoms with Crippen LogP contribution in [0.3, 0.4) is 0 Å². The average Bonchev–Trinajstić information content (AvgIpc) is 2.66. The number of hydrogen-bond acceptors (Lipinski definition) is 4. The van der Waals surface area contributed by atoms with Crippen LogP contribution in [-0.2, 0) is 16.2 Å². The summed E-state index contributed by atoms with van der Waals surface area (Å²) in [5.41, 5.74) is -0.219. The summed E-state index contributed by atoms with van der Waals surface area (Å²) in [4.78, 5) is 11.9. The Morgan fingerprint density at radius 1 is 1.13 bits per heavy atom. The normalized spacial score (nSPS) is 17.9. The molecule has 0 saturated carbocycles. The maximum Gasteiger partial charge on any atom is 0.416 e. The molecule has 0 spiro atoms. The first-order valence-corrected chi connectivity index (χ1v) is 10.8. The van der Waals surface area contributed by atoms with E-state index in [0.717, 1.165) is 24.6 Å². The molecule has 1 aliphatic heterocycles. The van der Waals surface area contributed by atoms with Crippen LogP contribution in [0.15, 0.2) is 47.4 Å². The zero-order valence-electron chi connectivity index (χ0n) is 16.4. The van der Waals surface area contributed by atoms with Gasteiger partial charge in [-0.2, -0.15) is 17.9 Å². The second-order valence-corrected chi connectivity index (χ2v) is 9.15. The Morgan fingerprint density at radius 2 is 1.80 bits per heavy atom. The van der Waals surface area contributed by atoms with E-state index in [1.807, 2.05) is 0 Å². The lowest BCUT2D eigenvalue weighted by atomic mass is 10.1. The smallest absolute Gasteiger partial charge is 0.364 e. The fraction of sp³-hybridized carbons (Fsp3) is 0.350. The van der Waals surface area contributed by atoms with Gasteiger partial charge in [0.15, 0.2) is 0 Å². The van der Waals surface area contributed by atoms with Crippen molar-refractivity contribution in [1.29, 1.82) is 0 Å². The number of nitrogens with one attached hydrogen (secondary N) is 3. The summed E-state index contributed by atoms with van der Waals surface area (Å²) < 4.78 is 66.3. The van der Waals surface area contributed by atoms with Crippen molar-refractivity contribution in [2.24, 2.45) is 5.92 Å². The fourth-order valence-electron chi connectivity index (χ4n) is 3.01. The average molecular weight is 441 g/mol. The predicted octanol–water partition coefficient (Wildman–Crippen LogP) is 3.88. The highest BCUT2D eigenvalue weighted by Crippen LogP contribution is 2.37. The van der Waals surface area contributed by atoms with E-state index < -0.39 is 27.9 Å². The molecule has 2 aromatic rings. The van der Waals surface area contributed by atoms with Gasteiger partial charge in [0.05, 0.1) is 11.3 Å². The number of hydrogen-bond donors (Lipinski definition) is 3. The van der Waals surface area contributed by atoms with Crippen LogP contribution in [0, 0.1) is 5.92 Å². The Balaban J connectivity index is 1.80. The van der Waals surface area contributed by atoms with Crippen molar-refractivity contribution in [1.82, 2.24) is 10.0 Å². The van der Waals surface area contributed by atoms with Crippen LogP contribution in [0.2, 0.25) is 0 Å². The first-order valence-electron chi connectivity index (χ1n) is 9.35. The number of benzene rings is 2. The van der Waals surface area contributed by atoms with Gasteiger partial charge >= 0.3 is 6.18 Å². The molecular formula is C20H22F3N3O3S. The van der Waals surface area contributed by atoms with Gasteiger partial charge in [0.25, 0.3) is 5.91 Å². The Morgan fingerprint density at radius 3 is 2.40 bits per heavy atom. The van der Waals surface area contributed by atoms with Gasteiger partial charge in [-0.1, -0.05) is 26.0 Å². The van der Waals surface area contributed by atoms with Crippen molar-refractivity contribution in [3.63, 3.8) is 0 Å². The van der Waals surface area contributed by atoms with Gasteiger partial charge in [-0.15, -0.1) is 0 Å². The Bertz CT molecular complexity index is 1040. The third-order valence-electron chi connectivity index (χ3n) is 4.68. The van der Waals surface area contributed by atoms with Crippen LogP contribution in [0.25, 0.3) is 0 Å². The van der Waals surface area contributed by atoms with Crippen molar-refractivity contribution >= 4 is 21.6 Å². The molecule has 0 bridgehead atoms. The molecule has 0 aliphatic carbocycles. The highest BCUT2D eigenvalue weighted by molar-refractivity contribution is 7.89. The molecule has 0 aromatic heterocycles. The molecular weight excluding hydrogens is 419 g/mol. The summed E-state index contributed by atoms with van der Waals surface area (Å²) >= 11 is 0. The van der Waals surface area contributed by atoms with Crippen molar-refractivity contribution in [3.05, 3.63) is 59.2 Å². The van der Waals surface area contributed by atoms with E-state index in [2.05, 4.69) is 29.2 Å². The number of fused-ring (bicyclic) bond motifs is 1. The van der Waals surface area contributed by atoms with Gasteiger partial charge in [0.2, 0.25) is 10.0 Å². The lowest BCUT2D eigenvalue weighted by Gasteiger charge is -2.29. The topological polar surface area (TPSA) is 87.3 Å². The third-order valence-corrected chi connectivity index (χ3v) is 6.16. The molecule has 0 unspecified atom stereocenters. The first-order chi connectivity index (χ1) is 14.0. The van der Waals surface area contributed by atoms with Crippen molar-refractivity contribution < 1.29 is 26.4 Å². The van der Waals surface area contributed by atoms with Gasteiger partial charge in [-0.05, 0) is 48.2 Å². The van der Waals surface area contributed by atoms with Crippen LogP contribution in [-0.4, -0.2) is 20.9 Å². The highest BCUT2D eigenvalue weighted by Gasteiger charge is 2.35. The molecule has 10 heteroatoms. The molecule has 0 radical (unpaired) electrons. The molecule has 1 heterocycles. The minimum Gasteiger partial charge on any atom is -0.364 e. The second kappa shape index (κ2) is 8.27. The number of anilines is 1. The molecule has 2 aromatic carbocycles. The van der Waals surface area contributed by atoms with Crippen molar-refractivity contribution in [2.75, 3.05) is 11.9 Å². The monoisotopic (exact) mass is 441 g/mol. The number of carbonyl (C=O) groups is 1. The highest BCUT2D eigenvalue weighted by atomic mass is 32.2. The molecule has 1 amide bonds. The maximum absolute atomic E-state index is 13.0. The lowest BCUT2D eigenvalue weighted by Crippen LogP contribution is -2.38. The first kappa shape index (κ1) is 22.1. The number of carbonyl (C=O) groups excluding carboxylic acids is 1. The quantitative estimate of drug-likeness (QED) is 0.657. The summed E-state index contributed by atoms with van der Waals surface area (Å²) in [5.74, 6) is 0.207. The zero-order valence-corrected chi connectivity index (χ0v) is 17.2. The number of halogens is 3. The fourth-order valence-corrected chi connectivity index (χ4v) is 4.30. The SMILES string of the molecule is CC(C)CCNC(=O)c1ccc([C@@H]2Nc3cc(C(F)(F)F)ccc3S(=O)(=O)N2)cc1. The molecule has 3 rings (SSSR count). The van der Waals surface area contributed by atoms with E-state index in [1.54, 1.807) is 12.1 Å². The van der Waals surface area contributed by atoms with Crippen LogP contribution in [0.1, 0.15) is 47.9 Å². The van der Waals surface area contributed by atoms with Gasteiger partial charge in [0.1, 0.15) is 11.1 Å². The summed E-state index contributed by atoms with van der Waals surface area (Å²) in [6.45, 7) is 4.64. The molecule has 3 N–H and O–H groups in total. The van der Waals surface area contributed by atoms with Gasteiger partial charge in [-0.25, -0.2) is 8.42 Å². The lowest BCUT2D eigenvalue weighted by molar-refractivity contribution is -0.137. The summed E-state index contributed by atoms with van der Waals surface area (Å²) in [7, 11) is -4.01. The van der Waals surface area contributed by atoms with Gasteiger partial charge in [-0.3, -0.25) is 4.79 Å². The molecule has 0 fully saturated rings. The number of amides is 1. The van der Waals surface area contributed by atoms with Gasteiger partial charge in [0, 0.05) is 12.1 Å². The molecule has 0 saturated heterocycles. The number of alkyl halides is 3. The van der Waals surface area contributed by atoms with E-state index in [4.69, 9.17) is 0 Å². The van der Waals surface area contributed by atoms with Crippen LogP contribution in [0.4, 0.5) is 18.9 Å². The van der Waals surface area contributed by atoms with Crippen LogP contribution < -0.4 is 15.4 Å². The van der Waals surface area contributed by atoms with E-state index in [-0.39, 0.29) is 16.5 Å². The van der Waals surface area contributed by atoms with E-state index in [0.29, 0.717) is 23.6 Å². The number of sulfonamides is 1. The predicted molar refractivity (Wildman–Crippen MR) is 106 cm³/mol. The summed E-state index contributed by atoms with van der Waals surface area (Å²) in [6, 6.07) is 8.61. The minimum atomic E-state index is -4.59. The second-order valence-electron chi connectivity index (χ2n) is 7.47. The van der Waals surface area contributed by atoms with Crippen molar-refractivity contribution in [3.8, 4) is 0 Å². The maximum atomic E-state index is 13.0. The van der Waals surface area contributed by atoms with Crippen LogP contribution >= 0.6 is 0 Å². The largest absolute Gasteiger partial charge is 0.416 e. The summed E-state index contributed by atoms with van der Waals surface area (Å²) in [6.07, 6.45) is -4.72. The molecule has 1 atom stereocenters. The van der Waals surface area contributed by atoms with Crippen LogP contribution in [0.5, 0.6) is 0 Å².